The number of rotatable bonds is 12. The summed E-state index contributed by atoms with van der Waals surface area (Å²) in [7, 11) is 1.69. The van der Waals surface area contributed by atoms with Crippen molar-refractivity contribution >= 4 is 6.09 Å². The van der Waals surface area contributed by atoms with Crippen molar-refractivity contribution in [1.29, 1.82) is 0 Å². The van der Waals surface area contributed by atoms with Gasteiger partial charge in [-0.25, -0.2) is 4.79 Å². The second-order valence-corrected chi connectivity index (χ2v) is 6.07. The highest BCUT2D eigenvalue weighted by Gasteiger charge is 2.15. The Morgan fingerprint density at radius 1 is 1.27 bits per heavy atom. The lowest BCUT2D eigenvalue weighted by Crippen LogP contribution is -2.36. The molecule has 0 aromatic heterocycles. The van der Waals surface area contributed by atoms with Gasteiger partial charge in [0.2, 0.25) is 0 Å². The molecule has 0 rings (SSSR count). The van der Waals surface area contributed by atoms with Crippen LogP contribution in [-0.2, 0) is 14.2 Å². The van der Waals surface area contributed by atoms with Gasteiger partial charge in [-0.15, -0.1) is 0 Å². The van der Waals surface area contributed by atoms with Crippen molar-refractivity contribution < 1.29 is 19.0 Å². The molecule has 0 aromatic carbocycles. The molecule has 1 atom stereocenters. The summed E-state index contributed by atoms with van der Waals surface area (Å²) in [6, 6.07) is 0.272. The minimum absolute atomic E-state index is 0.272. The summed E-state index contributed by atoms with van der Waals surface area (Å²) in [6.07, 6.45) is 3.79. The Balaban J connectivity index is 3.76. The minimum atomic E-state index is -0.461. The molecular formula is C16H32N2O4. The molecule has 0 bridgehead atoms. The van der Waals surface area contributed by atoms with Gasteiger partial charge in [0.1, 0.15) is 5.60 Å². The van der Waals surface area contributed by atoms with Crippen LogP contribution in [0.25, 0.3) is 0 Å². The molecule has 0 heterocycles. The Morgan fingerprint density at radius 2 is 2.00 bits per heavy atom. The van der Waals surface area contributed by atoms with Crippen LogP contribution in [-0.4, -0.2) is 51.1 Å². The fourth-order valence-electron chi connectivity index (χ4n) is 1.84. The highest BCUT2D eigenvalue weighted by Crippen LogP contribution is 2.06. The van der Waals surface area contributed by atoms with Crippen LogP contribution < -0.4 is 10.6 Å². The molecule has 0 aliphatic carbocycles. The number of carbonyl (C=O) groups is 1. The van der Waals surface area contributed by atoms with E-state index in [1.54, 1.807) is 7.11 Å². The molecule has 6 heteroatoms. The summed E-state index contributed by atoms with van der Waals surface area (Å²) in [5.74, 6) is 0. The third kappa shape index (κ3) is 13.7. The average Bonchev–Trinajstić information content (AvgIpc) is 2.41. The molecule has 0 aliphatic rings. The quantitative estimate of drug-likeness (QED) is 0.427. The average molecular weight is 316 g/mol. The molecule has 0 aliphatic heterocycles. The first kappa shape index (κ1) is 20.7. The third-order valence-corrected chi connectivity index (χ3v) is 2.76. The van der Waals surface area contributed by atoms with Crippen LogP contribution in [0.15, 0.2) is 12.8 Å². The molecule has 0 saturated heterocycles. The Bertz CT molecular complexity index is 303. The van der Waals surface area contributed by atoms with Gasteiger partial charge < -0.3 is 24.8 Å². The van der Waals surface area contributed by atoms with E-state index in [0.29, 0.717) is 19.8 Å². The summed E-state index contributed by atoms with van der Waals surface area (Å²) in [5, 5.41) is 6.18. The van der Waals surface area contributed by atoms with Gasteiger partial charge in [0.05, 0.1) is 19.5 Å². The maximum absolute atomic E-state index is 11.5. The van der Waals surface area contributed by atoms with Gasteiger partial charge in [0, 0.05) is 19.7 Å². The van der Waals surface area contributed by atoms with Crippen LogP contribution in [0.1, 0.15) is 40.0 Å². The second-order valence-electron chi connectivity index (χ2n) is 6.07. The first-order valence-corrected chi connectivity index (χ1v) is 7.80. The normalized spacial score (nSPS) is 12.5. The van der Waals surface area contributed by atoms with Gasteiger partial charge in [0.15, 0.2) is 0 Å². The third-order valence-electron chi connectivity index (χ3n) is 2.76. The molecule has 2 N–H and O–H groups in total. The van der Waals surface area contributed by atoms with E-state index >= 15 is 0 Å². The van der Waals surface area contributed by atoms with E-state index in [1.165, 1.54) is 6.26 Å². The van der Waals surface area contributed by atoms with E-state index < -0.39 is 5.60 Å². The molecule has 1 amide bonds. The van der Waals surface area contributed by atoms with Crippen LogP contribution in [0.3, 0.4) is 0 Å². The van der Waals surface area contributed by atoms with E-state index in [1.807, 2.05) is 20.8 Å². The van der Waals surface area contributed by atoms with Crippen molar-refractivity contribution in [3.63, 3.8) is 0 Å². The first-order valence-electron chi connectivity index (χ1n) is 7.80. The number of ether oxygens (including phenoxy) is 3. The van der Waals surface area contributed by atoms with Gasteiger partial charge in [0.25, 0.3) is 0 Å². The van der Waals surface area contributed by atoms with Crippen molar-refractivity contribution in [1.82, 2.24) is 10.6 Å². The lowest BCUT2D eigenvalue weighted by molar-refractivity contribution is 0.0526. The Labute approximate surface area is 134 Å². The largest absolute Gasteiger partial charge is 0.502 e. The molecule has 22 heavy (non-hydrogen) atoms. The number of methoxy groups -OCH3 is 1. The number of hydrogen-bond acceptors (Lipinski definition) is 5. The van der Waals surface area contributed by atoms with Gasteiger partial charge >= 0.3 is 6.09 Å². The molecule has 0 aromatic rings. The number of carbonyl (C=O) groups excluding carboxylic acids is 1. The van der Waals surface area contributed by atoms with E-state index in [0.717, 1.165) is 25.8 Å². The maximum atomic E-state index is 11.5. The Morgan fingerprint density at radius 3 is 2.59 bits per heavy atom. The van der Waals surface area contributed by atoms with Gasteiger partial charge in [-0.3, -0.25) is 0 Å². The monoisotopic (exact) mass is 316 g/mol. The first-order chi connectivity index (χ1) is 10.4. The Hall–Kier alpha value is -1.27. The van der Waals surface area contributed by atoms with Crippen molar-refractivity contribution in [2.24, 2.45) is 0 Å². The van der Waals surface area contributed by atoms with Crippen LogP contribution in [0.4, 0.5) is 4.79 Å². The lowest BCUT2D eigenvalue weighted by atomic mass is 10.1. The van der Waals surface area contributed by atoms with Crippen LogP contribution in [0, 0.1) is 0 Å². The fourth-order valence-corrected chi connectivity index (χ4v) is 1.84. The van der Waals surface area contributed by atoms with Gasteiger partial charge in [-0.05, 0) is 46.6 Å². The SMILES string of the molecule is C=COCCCNC(CCCNC(=O)OC(C)(C)C)COC. The molecule has 1 unspecified atom stereocenters. The standard InChI is InChI=1S/C16H32N2O4/c1-6-21-12-8-11-17-14(13-20-5)9-7-10-18-15(19)22-16(2,3)4/h6,14,17H,1,7-13H2,2-5H3,(H,18,19). The van der Waals surface area contributed by atoms with Crippen molar-refractivity contribution in [3.8, 4) is 0 Å². The predicted octanol–water partition coefficient (Wildman–Crippen LogP) is 2.45. The highest BCUT2D eigenvalue weighted by atomic mass is 16.6. The van der Waals surface area contributed by atoms with Crippen molar-refractivity contribution in [2.45, 2.75) is 51.7 Å². The molecule has 0 spiro atoms. The van der Waals surface area contributed by atoms with E-state index in [-0.39, 0.29) is 12.1 Å². The zero-order valence-electron chi connectivity index (χ0n) is 14.4. The molecule has 0 saturated carbocycles. The maximum Gasteiger partial charge on any atom is 0.407 e. The summed E-state index contributed by atoms with van der Waals surface area (Å²) in [6.45, 7) is 11.8. The highest BCUT2D eigenvalue weighted by molar-refractivity contribution is 5.67. The number of amides is 1. The van der Waals surface area contributed by atoms with Crippen molar-refractivity contribution in [3.05, 3.63) is 12.8 Å². The summed E-state index contributed by atoms with van der Waals surface area (Å²) in [4.78, 5) is 11.5. The number of nitrogens with one attached hydrogen (secondary N) is 2. The smallest absolute Gasteiger partial charge is 0.407 e. The zero-order chi connectivity index (χ0) is 16.8. The Kier molecular flexibility index (Phi) is 11.6. The second kappa shape index (κ2) is 12.3. The fraction of sp³-hybridized carbons (Fsp3) is 0.812. The van der Waals surface area contributed by atoms with Crippen LogP contribution in [0.2, 0.25) is 0 Å². The summed E-state index contributed by atoms with van der Waals surface area (Å²) >= 11 is 0. The summed E-state index contributed by atoms with van der Waals surface area (Å²) in [5.41, 5.74) is -0.461. The van der Waals surface area contributed by atoms with Crippen LogP contribution in [0.5, 0.6) is 0 Å². The van der Waals surface area contributed by atoms with E-state index in [4.69, 9.17) is 14.2 Å². The van der Waals surface area contributed by atoms with E-state index in [9.17, 15) is 4.79 Å². The predicted molar refractivity (Wildman–Crippen MR) is 87.9 cm³/mol. The van der Waals surface area contributed by atoms with E-state index in [2.05, 4.69) is 17.2 Å². The van der Waals surface area contributed by atoms with Gasteiger partial charge in [-0.1, -0.05) is 6.58 Å². The molecule has 0 fully saturated rings. The molecular weight excluding hydrogens is 284 g/mol. The molecule has 0 radical (unpaired) electrons. The molecule has 130 valence electrons. The van der Waals surface area contributed by atoms with Crippen LogP contribution >= 0.6 is 0 Å². The zero-order valence-corrected chi connectivity index (χ0v) is 14.4. The minimum Gasteiger partial charge on any atom is -0.502 e. The van der Waals surface area contributed by atoms with Crippen molar-refractivity contribution in [2.75, 3.05) is 33.4 Å². The lowest BCUT2D eigenvalue weighted by Gasteiger charge is -2.20. The molecule has 6 nitrogen and oxygen atoms in total. The van der Waals surface area contributed by atoms with Gasteiger partial charge in [-0.2, -0.15) is 0 Å². The number of alkyl carbamates (subject to hydrolysis) is 1. The summed E-state index contributed by atoms with van der Waals surface area (Å²) < 4.78 is 15.5. The topological polar surface area (TPSA) is 68.8 Å². The number of hydrogen-bond donors (Lipinski definition) is 2.